The summed E-state index contributed by atoms with van der Waals surface area (Å²) in [5, 5.41) is 17.7. The Bertz CT molecular complexity index is 873. The fourth-order valence-corrected chi connectivity index (χ4v) is 4.15. The second-order valence-corrected chi connectivity index (χ2v) is 6.96. The van der Waals surface area contributed by atoms with Crippen LogP contribution in [0.4, 0.5) is 5.69 Å². The van der Waals surface area contributed by atoms with Gasteiger partial charge in [0, 0.05) is 6.42 Å². The first-order chi connectivity index (χ1) is 12.9. The third-order valence-electron chi connectivity index (χ3n) is 5.30. The van der Waals surface area contributed by atoms with Crippen molar-refractivity contribution in [3.8, 4) is 0 Å². The number of carboxylic acid groups (broad SMARTS) is 2. The van der Waals surface area contributed by atoms with Crippen molar-refractivity contribution in [2.75, 3.05) is 4.90 Å². The number of hydrogen-bond acceptors (Lipinski definition) is 5. The molecule has 2 saturated heterocycles. The van der Waals surface area contributed by atoms with Crippen molar-refractivity contribution in [2.45, 2.75) is 31.5 Å². The van der Waals surface area contributed by atoms with Crippen LogP contribution in [-0.2, 0) is 30.3 Å². The van der Waals surface area contributed by atoms with Crippen LogP contribution in [0.1, 0.15) is 18.4 Å². The zero-order valence-corrected chi connectivity index (χ0v) is 14.2. The van der Waals surface area contributed by atoms with Crippen LogP contribution in [0, 0.1) is 11.8 Å². The highest BCUT2D eigenvalue weighted by Crippen LogP contribution is 2.49. The van der Waals surface area contributed by atoms with E-state index in [0.717, 1.165) is 10.5 Å². The Hall–Kier alpha value is -3.00. The Balaban J connectivity index is 1.55. The molecule has 8 heteroatoms. The zero-order valence-electron chi connectivity index (χ0n) is 14.2. The first kappa shape index (κ1) is 17.4. The van der Waals surface area contributed by atoms with Gasteiger partial charge in [0.1, 0.15) is 0 Å². The number of benzene rings is 1. The van der Waals surface area contributed by atoms with Gasteiger partial charge >= 0.3 is 11.9 Å². The summed E-state index contributed by atoms with van der Waals surface area (Å²) in [5.41, 5.74) is 1.75. The van der Waals surface area contributed by atoms with Gasteiger partial charge in [-0.15, -0.1) is 0 Å². The molecule has 3 aliphatic rings. The van der Waals surface area contributed by atoms with Crippen molar-refractivity contribution in [1.29, 1.82) is 0 Å². The molecule has 27 heavy (non-hydrogen) atoms. The standard InChI is InChI=1S/C19H17NO7/c21-13(22)6-3-10-8-12-15-16(17(10)27-12)19(26)20(18(15)25)11-4-1-9(2-5-11)7-14(23)24/h1-2,4-5,8,12,15-17H,3,6-7H2,(H,21,22)(H,23,24)/t12-,15-,16-,17+/m0/s1. The van der Waals surface area contributed by atoms with Crippen molar-refractivity contribution in [3.05, 3.63) is 41.5 Å². The molecule has 2 bridgehead atoms. The van der Waals surface area contributed by atoms with Crippen LogP contribution in [-0.4, -0.2) is 46.2 Å². The number of nitrogens with zero attached hydrogens (tertiary/aromatic N) is 1. The zero-order chi connectivity index (χ0) is 19.3. The molecule has 2 N–H and O–H groups in total. The molecule has 8 nitrogen and oxygen atoms in total. The maximum Gasteiger partial charge on any atom is 0.307 e. The van der Waals surface area contributed by atoms with E-state index in [0.29, 0.717) is 17.7 Å². The predicted molar refractivity (Wildman–Crippen MR) is 90.9 cm³/mol. The summed E-state index contributed by atoms with van der Waals surface area (Å²) in [6.45, 7) is 0. The molecule has 0 radical (unpaired) electrons. The van der Waals surface area contributed by atoms with Crippen LogP contribution in [0.5, 0.6) is 0 Å². The van der Waals surface area contributed by atoms with E-state index in [-0.39, 0.29) is 24.7 Å². The van der Waals surface area contributed by atoms with Crippen molar-refractivity contribution >= 4 is 29.4 Å². The molecular weight excluding hydrogens is 354 g/mol. The van der Waals surface area contributed by atoms with E-state index in [1.54, 1.807) is 30.3 Å². The Kier molecular flexibility index (Phi) is 4.07. The molecule has 1 aromatic rings. The van der Waals surface area contributed by atoms with Crippen LogP contribution in [0.25, 0.3) is 0 Å². The van der Waals surface area contributed by atoms with Crippen LogP contribution in [0.2, 0.25) is 0 Å². The van der Waals surface area contributed by atoms with E-state index in [2.05, 4.69) is 0 Å². The molecule has 0 aromatic heterocycles. The van der Waals surface area contributed by atoms with Crippen molar-refractivity contribution in [3.63, 3.8) is 0 Å². The average Bonchev–Trinajstić information content (AvgIpc) is 3.25. The summed E-state index contributed by atoms with van der Waals surface area (Å²) in [4.78, 5) is 48.5. The lowest BCUT2D eigenvalue weighted by atomic mass is 9.80. The van der Waals surface area contributed by atoms with Gasteiger partial charge in [-0.05, 0) is 29.7 Å². The Labute approximate surface area is 154 Å². The van der Waals surface area contributed by atoms with Gasteiger partial charge in [-0.1, -0.05) is 18.2 Å². The number of aliphatic carboxylic acids is 2. The number of hydrogen-bond donors (Lipinski definition) is 2. The molecular formula is C19H17NO7. The highest BCUT2D eigenvalue weighted by molar-refractivity contribution is 6.23. The van der Waals surface area contributed by atoms with Crippen LogP contribution in [0.15, 0.2) is 35.9 Å². The van der Waals surface area contributed by atoms with E-state index in [1.165, 1.54) is 0 Å². The molecule has 0 unspecified atom stereocenters. The number of carboxylic acids is 2. The molecule has 1 aromatic carbocycles. The Morgan fingerprint density at radius 3 is 2.30 bits per heavy atom. The summed E-state index contributed by atoms with van der Waals surface area (Å²) in [6.07, 6.45) is 0.836. The molecule has 3 aliphatic heterocycles. The molecule has 2 amide bonds. The third kappa shape index (κ3) is 2.82. The second-order valence-electron chi connectivity index (χ2n) is 6.96. The smallest absolute Gasteiger partial charge is 0.307 e. The first-order valence-corrected chi connectivity index (χ1v) is 8.63. The van der Waals surface area contributed by atoms with Gasteiger partial charge in [-0.2, -0.15) is 0 Å². The highest BCUT2D eigenvalue weighted by Gasteiger charge is 2.62. The molecule has 0 aliphatic carbocycles. The monoisotopic (exact) mass is 371 g/mol. The van der Waals surface area contributed by atoms with Crippen LogP contribution in [0.3, 0.4) is 0 Å². The maximum atomic E-state index is 12.9. The second kappa shape index (κ2) is 6.31. The van der Waals surface area contributed by atoms with E-state index in [4.69, 9.17) is 14.9 Å². The first-order valence-electron chi connectivity index (χ1n) is 8.63. The maximum absolute atomic E-state index is 12.9. The minimum atomic E-state index is -0.959. The molecule has 0 saturated carbocycles. The number of carbonyl (C=O) groups is 4. The van der Waals surface area contributed by atoms with Gasteiger partial charge in [-0.3, -0.25) is 19.2 Å². The molecule has 4 rings (SSSR count). The minimum absolute atomic E-state index is 0.0489. The number of carbonyl (C=O) groups excluding carboxylic acids is 2. The van der Waals surface area contributed by atoms with E-state index < -0.39 is 36.0 Å². The van der Waals surface area contributed by atoms with Gasteiger partial charge in [0.05, 0.1) is 36.2 Å². The molecule has 0 spiro atoms. The topological polar surface area (TPSA) is 121 Å². The lowest BCUT2D eigenvalue weighted by Gasteiger charge is -2.19. The summed E-state index contributed by atoms with van der Waals surface area (Å²) < 4.78 is 5.75. The Morgan fingerprint density at radius 1 is 1.00 bits per heavy atom. The molecule has 3 heterocycles. The van der Waals surface area contributed by atoms with Crippen molar-refractivity contribution in [2.24, 2.45) is 11.8 Å². The van der Waals surface area contributed by atoms with Crippen molar-refractivity contribution in [1.82, 2.24) is 0 Å². The highest BCUT2D eigenvalue weighted by atomic mass is 16.5. The van der Waals surface area contributed by atoms with E-state index in [9.17, 15) is 19.2 Å². The molecule has 4 atom stereocenters. The Morgan fingerprint density at radius 2 is 1.67 bits per heavy atom. The largest absolute Gasteiger partial charge is 0.481 e. The van der Waals surface area contributed by atoms with Crippen LogP contribution >= 0.6 is 0 Å². The number of amides is 2. The van der Waals surface area contributed by atoms with Gasteiger partial charge in [-0.25, -0.2) is 4.90 Å². The fraction of sp³-hybridized carbons (Fsp3) is 0.368. The summed E-state index contributed by atoms with van der Waals surface area (Å²) in [5.74, 6) is -3.79. The lowest BCUT2D eigenvalue weighted by molar-refractivity contribution is -0.137. The molecule has 2 fully saturated rings. The van der Waals surface area contributed by atoms with Crippen molar-refractivity contribution < 1.29 is 34.1 Å². The predicted octanol–water partition coefficient (Wildman–Crippen LogP) is 0.991. The quantitative estimate of drug-likeness (QED) is 0.565. The number of anilines is 1. The lowest BCUT2D eigenvalue weighted by Crippen LogP contribution is -2.34. The van der Waals surface area contributed by atoms with Gasteiger partial charge in [0.2, 0.25) is 11.8 Å². The van der Waals surface area contributed by atoms with Crippen LogP contribution < -0.4 is 4.90 Å². The number of fused-ring (bicyclic) bond motifs is 5. The van der Waals surface area contributed by atoms with Gasteiger partial charge < -0.3 is 14.9 Å². The van der Waals surface area contributed by atoms with Gasteiger partial charge in [0.25, 0.3) is 0 Å². The van der Waals surface area contributed by atoms with E-state index >= 15 is 0 Å². The summed E-state index contributed by atoms with van der Waals surface area (Å²) in [6, 6.07) is 6.30. The molecule has 140 valence electrons. The average molecular weight is 371 g/mol. The summed E-state index contributed by atoms with van der Waals surface area (Å²) >= 11 is 0. The van der Waals surface area contributed by atoms with E-state index in [1.807, 2.05) is 0 Å². The number of imide groups is 1. The fourth-order valence-electron chi connectivity index (χ4n) is 4.15. The summed E-state index contributed by atoms with van der Waals surface area (Å²) in [7, 11) is 0. The normalized spacial score (nSPS) is 28.4. The minimum Gasteiger partial charge on any atom is -0.481 e. The van der Waals surface area contributed by atoms with Gasteiger partial charge in [0.15, 0.2) is 0 Å². The number of ether oxygens (including phenoxy) is 1. The SMILES string of the molecule is O=C(O)CCC1=C[C@@H]2O[C@H]1[C@H]1C(=O)N(c3ccc(CC(=O)O)cc3)C(=O)[C@H]12. The third-order valence-corrected chi connectivity index (χ3v) is 5.30. The number of rotatable bonds is 6.